The molecule has 0 saturated carbocycles. The Morgan fingerprint density at radius 3 is 1.15 bits per heavy atom. The van der Waals surface area contributed by atoms with Crippen molar-refractivity contribution >= 4 is 90.3 Å². The third-order valence-corrected chi connectivity index (χ3v) is 15.1. The molecule has 0 aliphatic heterocycles. The first-order chi connectivity index (χ1) is 59.6. The summed E-state index contributed by atoms with van der Waals surface area (Å²) in [6, 6.07) is 0. The van der Waals surface area contributed by atoms with Gasteiger partial charge in [0.05, 0.1) is 71.2 Å². The number of carbonyl (C=O) groups is 11. The van der Waals surface area contributed by atoms with Gasteiger partial charge in [-0.05, 0) is 178 Å². The van der Waals surface area contributed by atoms with Crippen LogP contribution in [0.25, 0.3) is 0 Å². The lowest BCUT2D eigenvalue weighted by Gasteiger charge is -2.21. The molecule has 1 rings (SSSR count). The van der Waals surface area contributed by atoms with Gasteiger partial charge >= 0.3 is 47.6 Å². The van der Waals surface area contributed by atoms with Gasteiger partial charge in [0.2, 0.25) is 0 Å². The molecule has 0 radical (unpaired) electrons. The number of unbranched alkanes of at least 4 members (excludes halogenated alkanes) is 5. The number of nitrogens with zero attached hydrogens (tertiary/aromatic N) is 9. The summed E-state index contributed by atoms with van der Waals surface area (Å²) in [6.07, 6.45) is 3.68. The SMILES string of the molecule is CC(C)(C)OC(=O)CC(CCCN=C(N)CC(=O)OCCCCCCO[N+](=O)[O-])OC=O.CC(C)(C)OC(=O)CC(CCCN=C(N)CC(=O)OCCCCO[N+](=O)[O-])OC=O.Cc1oc(=O)oc1COC(=O)C(CCCN=C(N)CC(=O)OCCCCC(CO[N+](=O)[O-])O[N+](=O)[O-])CC(=O)OC(C)(C)C.NC(CC(=O)CCCO[N+](=O)[O-])=NCCCC(N)OC=O. The van der Waals surface area contributed by atoms with Gasteiger partial charge in [0.25, 0.3) is 44.8 Å². The zero-order valence-electron chi connectivity index (χ0n) is 73.3. The van der Waals surface area contributed by atoms with Crippen LogP contribution < -0.4 is 34.5 Å². The number of ether oxygens (including phenoxy) is 10. The molecular weight excluding hydrogens is 1710 g/mol. The summed E-state index contributed by atoms with van der Waals surface area (Å²) in [6.45, 7) is 18.2. The van der Waals surface area contributed by atoms with Crippen LogP contribution in [0.15, 0.2) is 33.6 Å². The minimum Gasteiger partial charge on any atom is -0.465 e. The van der Waals surface area contributed by atoms with E-state index in [2.05, 4.69) is 48.9 Å². The van der Waals surface area contributed by atoms with Crippen molar-refractivity contribution in [2.75, 3.05) is 72.4 Å². The number of rotatable bonds is 68. The van der Waals surface area contributed by atoms with Crippen molar-refractivity contribution in [1.29, 1.82) is 0 Å². The first-order valence-corrected chi connectivity index (χ1v) is 40.1. The van der Waals surface area contributed by atoms with Gasteiger partial charge in [-0.1, -0.05) is 6.42 Å². The molecular formula is C74H124N14O39. The van der Waals surface area contributed by atoms with Crippen LogP contribution in [0.5, 0.6) is 0 Å². The van der Waals surface area contributed by atoms with Gasteiger partial charge < -0.3 is 103 Å². The van der Waals surface area contributed by atoms with Crippen molar-refractivity contribution in [2.45, 2.75) is 284 Å². The number of aliphatic imine (C=N–C) groups is 4. The molecule has 5 unspecified atom stereocenters. The van der Waals surface area contributed by atoms with E-state index in [1.165, 1.54) is 6.92 Å². The molecule has 0 spiro atoms. The van der Waals surface area contributed by atoms with Crippen molar-refractivity contribution < 1.29 is 159 Å². The fourth-order valence-corrected chi connectivity index (χ4v) is 9.70. The maximum absolute atomic E-state index is 12.7. The fourth-order valence-electron chi connectivity index (χ4n) is 9.70. The van der Waals surface area contributed by atoms with Crippen LogP contribution in [-0.4, -0.2) is 230 Å². The Balaban J connectivity index is -0.00000167. The maximum atomic E-state index is 12.7. The minimum absolute atomic E-state index is 0.00461. The van der Waals surface area contributed by atoms with E-state index in [0.29, 0.717) is 103 Å². The lowest BCUT2D eigenvalue weighted by atomic mass is 9.99. The van der Waals surface area contributed by atoms with Crippen LogP contribution in [0.1, 0.15) is 241 Å². The number of hydrogen-bond acceptors (Lipinski definition) is 44. The van der Waals surface area contributed by atoms with Crippen molar-refractivity contribution in [3.8, 4) is 0 Å². The lowest BCUT2D eigenvalue weighted by Crippen LogP contribution is -2.28. The molecule has 0 amide bonds. The number of hydrogen-bond donors (Lipinski definition) is 5. The predicted octanol–water partition coefficient (Wildman–Crippen LogP) is 4.91. The summed E-state index contributed by atoms with van der Waals surface area (Å²) in [5.41, 5.74) is 26.2. The van der Waals surface area contributed by atoms with Gasteiger partial charge in [0, 0.05) is 32.6 Å². The summed E-state index contributed by atoms with van der Waals surface area (Å²) in [5, 5.41) is 45.8. The molecule has 0 saturated heterocycles. The summed E-state index contributed by atoms with van der Waals surface area (Å²) in [4.78, 5) is 226. The van der Waals surface area contributed by atoms with Crippen LogP contribution in [0.4, 0.5) is 0 Å². The number of amidine groups is 4. The number of carbonyl (C=O) groups excluding carboxylic acids is 11. The van der Waals surface area contributed by atoms with Gasteiger partial charge in [0.15, 0.2) is 24.4 Å². The van der Waals surface area contributed by atoms with Crippen LogP contribution >= 0.6 is 0 Å². The zero-order chi connectivity index (χ0) is 96.8. The van der Waals surface area contributed by atoms with Gasteiger partial charge in [-0.2, -0.15) is 0 Å². The quantitative estimate of drug-likeness (QED) is 0.00666. The summed E-state index contributed by atoms with van der Waals surface area (Å²) < 4.78 is 59.8. The second-order valence-corrected chi connectivity index (χ2v) is 29.9. The predicted molar refractivity (Wildman–Crippen MR) is 437 cm³/mol. The Bertz CT molecular complexity index is 3660. The van der Waals surface area contributed by atoms with E-state index in [1.807, 2.05) is 0 Å². The van der Waals surface area contributed by atoms with E-state index in [4.69, 9.17) is 80.1 Å². The molecule has 53 heteroatoms. The van der Waals surface area contributed by atoms with E-state index in [1.54, 1.807) is 62.3 Å². The molecule has 0 bridgehead atoms. The Hall–Kier alpha value is -12.8. The molecule has 10 N–H and O–H groups in total. The number of ketones is 1. The molecule has 1 aromatic rings. The van der Waals surface area contributed by atoms with Gasteiger partial charge in [0.1, 0.15) is 90.1 Å². The number of esters is 7. The Morgan fingerprint density at radius 2 is 0.764 bits per heavy atom. The zero-order valence-corrected chi connectivity index (χ0v) is 73.3. The standard InChI is InChI=1S/C25H38N4O15.C20H35N3O9.C18H31N3O9.C11H20N4O6/c1-16-19(42-24(33)41-16)15-39-23(32)17(12-22(31)43-25(2,3)4)8-7-10-27-20(26)13-21(30)38-11-6-5-9-18(44-29(36)37)14-40-28(34)35;1-20(2,3)32-19(26)13-16(30-15-24)9-8-10-22-17(21)14-18(25)29-11-6-4-5-7-12-31-23(27)28;1-18(2,3)30-17(24)11-14(28-13-22)7-6-8-20-15(19)12-16(23)27-9-4-5-10-29-21(25)26;12-10(14-5-1-4-11(13)20-8-16)7-9(17)3-2-6-21-15(18)19/h17-18H,5-15H2,1-4H3,(H2,26,27);15-16H,4-14H2,1-3H3,(H2,21,22);13-14H,4-12H2,1-3H3,(H2,19,20);8,11H,1-7,13H2,(H2,12,14). The van der Waals surface area contributed by atoms with Crippen LogP contribution in [0, 0.1) is 63.4 Å². The molecule has 127 heavy (non-hydrogen) atoms. The second-order valence-electron chi connectivity index (χ2n) is 29.9. The van der Waals surface area contributed by atoms with E-state index < -0.39 is 127 Å². The third kappa shape index (κ3) is 80.1. The topological polar surface area (TPSA) is 765 Å². The van der Waals surface area contributed by atoms with Crippen molar-refractivity contribution in [3.05, 3.63) is 72.7 Å². The smallest absolute Gasteiger partial charge is 0.465 e. The fraction of sp³-hybridized carbons (Fsp3) is 0.757. The number of nitrogens with two attached hydrogens (primary N) is 5. The summed E-state index contributed by atoms with van der Waals surface area (Å²) in [5.74, 6) is -5.38. The molecule has 0 fully saturated rings. The molecule has 1 heterocycles. The highest BCUT2D eigenvalue weighted by molar-refractivity contribution is 6.00. The van der Waals surface area contributed by atoms with Crippen LogP contribution in [0.2, 0.25) is 0 Å². The van der Waals surface area contributed by atoms with E-state index in [9.17, 15) is 108 Å². The van der Waals surface area contributed by atoms with E-state index in [-0.39, 0.29) is 184 Å². The first kappa shape index (κ1) is 118. The average molecular weight is 1830 g/mol. The largest absolute Gasteiger partial charge is 0.519 e. The van der Waals surface area contributed by atoms with E-state index in [0.717, 1.165) is 12.8 Å². The van der Waals surface area contributed by atoms with Gasteiger partial charge in [-0.25, -0.2) is 4.79 Å². The first-order valence-electron chi connectivity index (χ1n) is 40.1. The molecule has 0 aromatic carbocycles. The molecule has 53 nitrogen and oxygen atoms in total. The van der Waals surface area contributed by atoms with Crippen LogP contribution in [-0.2, 0) is 131 Å². The van der Waals surface area contributed by atoms with Gasteiger partial charge in [-0.15, -0.1) is 50.6 Å². The summed E-state index contributed by atoms with van der Waals surface area (Å²) >= 11 is 0. The Labute approximate surface area is 730 Å². The molecule has 0 aliphatic rings. The van der Waals surface area contributed by atoms with Crippen molar-refractivity contribution in [3.63, 3.8) is 0 Å². The molecule has 0 aliphatic carbocycles. The maximum Gasteiger partial charge on any atom is 0.519 e. The normalized spacial score (nSPS) is 12.7. The molecule has 1 aromatic heterocycles. The highest BCUT2D eigenvalue weighted by Gasteiger charge is 2.29. The number of Topliss-reactive ketones (excluding diaryl/α,β-unsaturated/α-hetero) is 1. The molecule has 724 valence electrons. The minimum atomic E-state index is -1.15. The molecule has 5 atom stereocenters. The average Bonchev–Trinajstić information content (AvgIpc) is 1.76. The second kappa shape index (κ2) is 70.5. The third-order valence-electron chi connectivity index (χ3n) is 15.1. The van der Waals surface area contributed by atoms with Crippen molar-refractivity contribution in [1.82, 2.24) is 0 Å². The highest BCUT2D eigenvalue weighted by Crippen LogP contribution is 2.21. The van der Waals surface area contributed by atoms with Gasteiger partial charge in [-0.3, -0.25) is 78.4 Å². The Kier molecular flexibility index (Phi) is 65.7. The lowest BCUT2D eigenvalue weighted by molar-refractivity contribution is -0.790. The highest BCUT2D eigenvalue weighted by atomic mass is 17.0. The summed E-state index contributed by atoms with van der Waals surface area (Å²) in [7, 11) is 0. The van der Waals surface area contributed by atoms with Crippen molar-refractivity contribution in [2.24, 2.45) is 54.6 Å². The van der Waals surface area contributed by atoms with E-state index >= 15 is 0 Å². The monoisotopic (exact) mass is 1830 g/mol. The number of aryl methyl sites for hydroxylation is 1. The Morgan fingerprint density at radius 1 is 0.409 bits per heavy atom. The van der Waals surface area contributed by atoms with Crippen LogP contribution in [0.3, 0.4) is 0 Å².